The summed E-state index contributed by atoms with van der Waals surface area (Å²) >= 11 is 0. The van der Waals surface area contributed by atoms with Crippen molar-refractivity contribution < 1.29 is 0 Å². The summed E-state index contributed by atoms with van der Waals surface area (Å²) in [6, 6.07) is 18.5. The first-order valence-corrected chi connectivity index (χ1v) is 7.30. The van der Waals surface area contributed by atoms with Crippen molar-refractivity contribution in [2.45, 2.75) is 37.8 Å². The molecule has 19 heavy (non-hydrogen) atoms. The predicted octanol–water partition coefficient (Wildman–Crippen LogP) is 3.93. The van der Waals surface area contributed by atoms with E-state index in [1.807, 2.05) is 0 Å². The van der Waals surface area contributed by atoms with Crippen LogP contribution in [0.2, 0.25) is 0 Å². The Hall–Kier alpha value is -1.60. The number of hydrogen-bond acceptors (Lipinski definition) is 1. The maximum Gasteiger partial charge on any atom is 0.0698 e. The second-order valence-electron chi connectivity index (χ2n) is 5.74. The molecular weight excluding hydrogens is 230 g/mol. The molecule has 2 aromatic carbocycles. The van der Waals surface area contributed by atoms with E-state index < -0.39 is 0 Å². The molecule has 2 bridgehead atoms. The third kappa shape index (κ3) is 1.39. The van der Waals surface area contributed by atoms with Crippen LogP contribution in [0.5, 0.6) is 0 Å². The zero-order valence-electron chi connectivity index (χ0n) is 11.3. The summed E-state index contributed by atoms with van der Waals surface area (Å²) in [5.74, 6) is 0. The summed E-state index contributed by atoms with van der Waals surface area (Å²) in [6.45, 7) is 2.30. The predicted molar refractivity (Wildman–Crippen MR) is 78.2 cm³/mol. The van der Waals surface area contributed by atoms with E-state index in [-0.39, 0.29) is 5.54 Å². The standard InChI is InChI=1S/C18H19N/c1-2-18-15-9-5-3-7-13(15)11-12-17(19-18)14-8-4-6-10-16(14)18/h3-10,17,19H,2,11-12H2,1H3/t17-,18+/m0/s1. The van der Waals surface area contributed by atoms with Crippen LogP contribution in [0.3, 0.4) is 0 Å². The van der Waals surface area contributed by atoms with Gasteiger partial charge < -0.3 is 0 Å². The van der Waals surface area contributed by atoms with E-state index in [4.69, 9.17) is 0 Å². The van der Waals surface area contributed by atoms with E-state index in [0.717, 1.165) is 6.42 Å². The van der Waals surface area contributed by atoms with Gasteiger partial charge in [0.15, 0.2) is 0 Å². The van der Waals surface area contributed by atoms with Crippen molar-refractivity contribution in [1.82, 2.24) is 5.32 Å². The fourth-order valence-electron chi connectivity index (χ4n) is 4.03. The lowest BCUT2D eigenvalue weighted by Gasteiger charge is -2.32. The van der Waals surface area contributed by atoms with Gasteiger partial charge >= 0.3 is 0 Å². The van der Waals surface area contributed by atoms with Crippen LogP contribution in [0.25, 0.3) is 0 Å². The molecule has 1 heteroatoms. The number of hydrogen-bond donors (Lipinski definition) is 1. The zero-order valence-corrected chi connectivity index (χ0v) is 11.3. The van der Waals surface area contributed by atoms with Crippen LogP contribution in [0, 0.1) is 0 Å². The molecule has 1 N–H and O–H groups in total. The molecule has 1 nitrogen and oxygen atoms in total. The molecule has 2 atom stereocenters. The summed E-state index contributed by atoms with van der Waals surface area (Å²) < 4.78 is 0. The highest BCUT2D eigenvalue weighted by Crippen LogP contribution is 2.48. The minimum absolute atomic E-state index is 0.0361. The van der Waals surface area contributed by atoms with Gasteiger partial charge in [-0.2, -0.15) is 0 Å². The van der Waals surface area contributed by atoms with E-state index >= 15 is 0 Å². The second kappa shape index (κ2) is 3.94. The van der Waals surface area contributed by atoms with Crippen molar-refractivity contribution in [2.24, 2.45) is 0 Å². The Morgan fingerprint density at radius 2 is 1.79 bits per heavy atom. The number of aryl methyl sites for hydroxylation is 1. The van der Waals surface area contributed by atoms with Crippen LogP contribution in [0.15, 0.2) is 48.5 Å². The normalized spacial score (nSPS) is 27.5. The fraction of sp³-hybridized carbons (Fsp3) is 0.333. The third-order valence-corrected chi connectivity index (χ3v) is 4.93. The topological polar surface area (TPSA) is 12.0 Å². The van der Waals surface area contributed by atoms with Crippen LogP contribution in [0.1, 0.15) is 48.1 Å². The minimum atomic E-state index is 0.0361. The smallest absolute Gasteiger partial charge is 0.0698 e. The van der Waals surface area contributed by atoms with Crippen LogP contribution < -0.4 is 5.32 Å². The highest BCUT2D eigenvalue weighted by Gasteiger charge is 2.45. The highest BCUT2D eigenvalue weighted by molar-refractivity contribution is 5.52. The van der Waals surface area contributed by atoms with E-state index in [2.05, 4.69) is 60.8 Å². The van der Waals surface area contributed by atoms with Gasteiger partial charge in [0.05, 0.1) is 5.54 Å². The van der Waals surface area contributed by atoms with Crippen molar-refractivity contribution in [3.05, 3.63) is 70.8 Å². The molecule has 0 aromatic heterocycles. The summed E-state index contributed by atoms with van der Waals surface area (Å²) in [7, 11) is 0. The molecule has 2 aliphatic heterocycles. The second-order valence-corrected chi connectivity index (χ2v) is 5.74. The molecule has 2 aliphatic rings. The first-order valence-electron chi connectivity index (χ1n) is 7.30. The Morgan fingerprint density at radius 3 is 2.63 bits per heavy atom. The number of fused-ring (bicyclic) bond motifs is 7. The summed E-state index contributed by atoms with van der Waals surface area (Å²) in [5, 5.41) is 3.94. The van der Waals surface area contributed by atoms with Crippen molar-refractivity contribution in [1.29, 1.82) is 0 Å². The fourth-order valence-corrected chi connectivity index (χ4v) is 4.03. The van der Waals surface area contributed by atoms with Crippen LogP contribution in [0.4, 0.5) is 0 Å². The van der Waals surface area contributed by atoms with Gasteiger partial charge in [0.2, 0.25) is 0 Å². The molecule has 96 valence electrons. The van der Waals surface area contributed by atoms with Crippen LogP contribution >= 0.6 is 0 Å². The lowest BCUT2D eigenvalue weighted by atomic mass is 9.77. The van der Waals surface area contributed by atoms with Gasteiger partial charge in [-0.15, -0.1) is 0 Å². The lowest BCUT2D eigenvalue weighted by Crippen LogP contribution is -2.38. The highest BCUT2D eigenvalue weighted by atomic mass is 15.1. The van der Waals surface area contributed by atoms with E-state index in [9.17, 15) is 0 Å². The molecule has 0 saturated heterocycles. The van der Waals surface area contributed by atoms with Crippen LogP contribution in [-0.2, 0) is 12.0 Å². The van der Waals surface area contributed by atoms with Gasteiger partial charge in [-0.3, -0.25) is 5.32 Å². The largest absolute Gasteiger partial charge is 0.297 e. The molecular formula is C18H19N. The summed E-state index contributed by atoms with van der Waals surface area (Å²) in [4.78, 5) is 0. The Labute approximate surface area is 114 Å². The zero-order chi connectivity index (χ0) is 12.9. The molecule has 0 aliphatic carbocycles. The van der Waals surface area contributed by atoms with Crippen LogP contribution in [-0.4, -0.2) is 0 Å². The van der Waals surface area contributed by atoms with Crippen molar-refractivity contribution in [2.75, 3.05) is 0 Å². The number of rotatable bonds is 1. The van der Waals surface area contributed by atoms with Crippen molar-refractivity contribution >= 4 is 0 Å². The molecule has 4 rings (SSSR count). The molecule has 0 saturated carbocycles. The van der Waals surface area contributed by atoms with E-state index in [1.165, 1.54) is 35.1 Å². The number of benzene rings is 2. The molecule has 2 heterocycles. The average molecular weight is 249 g/mol. The lowest BCUT2D eigenvalue weighted by molar-refractivity contribution is 0.381. The van der Waals surface area contributed by atoms with Gasteiger partial charge in [-0.05, 0) is 41.5 Å². The van der Waals surface area contributed by atoms with Gasteiger partial charge in [-0.1, -0.05) is 55.5 Å². The Bertz CT molecular complexity index is 631. The van der Waals surface area contributed by atoms with E-state index in [1.54, 1.807) is 0 Å². The number of nitrogens with one attached hydrogen (secondary N) is 1. The van der Waals surface area contributed by atoms with Gasteiger partial charge in [0.25, 0.3) is 0 Å². The van der Waals surface area contributed by atoms with Crippen molar-refractivity contribution in [3.8, 4) is 0 Å². The Morgan fingerprint density at radius 1 is 1.05 bits per heavy atom. The first-order chi connectivity index (χ1) is 9.35. The molecule has 0 spiro atoms. The molecule has 0 radical (unpaired) electrons. The minimum Gasteiger partial charge on any atom is -0.297 e. The summed E-state index contributed by atoms with van der Waals surface area (Å²) in [5.41, 5.74) is 6.06. The first kappa shape index (κ1) is 11.2. The monoisotopic (exact) mass is 249 g/mol. The van der Waals surface area contributed by atoms with Gasteiger partial charge in [0, 0.05) is 6.04 Å². The maximum absolute atomic E-state index is 3.94. The Balaban J connectivity index is 2.04. The molecule has 2 aromatic rings. The third-order valence-electron chi connectivity index (χ3n) is 4.93. The molecule has 0 fully saturated rings. The maximum atomic E-state index is 3.94. The SMILES string of the molecule is CC[C@@]12N[C@@H](CCc3ccccc31)c1ccccc12. The Kier molecular flexibility index (Phi) is 2.33. The van der Waals surface area contributed by atoms with Gasteiger partial charge in [0.1, 0.15) is 0 Å². The van der Waals surface area contributed by atoms with E-state index in [0.29, 0.717) is 6.04 Å². The molecule has 0 unspecified atom stereocenters. The quantitative estimate of drug-likeness (QED) is 0.807. The average Bonchev–Trinajstić information content (AvgIpc) is 2.69. The summed E-state index contributed by atoms with van der Waals surface area (Å²) in [6.07, 6.45) is 3.50. The molecule has 0 amide bonds. The van der Waals surface area contributed by atoms with Crippen molar-refractivity contribution in [3.63, 3.8) is 0 Å². The van der Waals surface area contributed by atoms with Gasteiger partial charge in [-0.25, -0.2) is 0 Å².